The van der Waals surface area contributed by atoms with Gasteiger partial charge in [0.1, 0.15) is 17.3 Å². The standard InChI is InChI=1S/C23H32N6O4S/c1-16-6-9-24-20(14-16)25-23(31)19-7-12-28(13-8-19)34(32,33)22-17(2)26-29(18(22)3)15-21(30)27-10-4-5-11-27/h6,9,14,19H,4-5,7-8,10-13,15H2,1-3H3,(H,24,25,31). The molecule has 4 rings (SSSR count). The number of hydrogen-bond acceptors (Lipinski definition) is 6. The van der Waals surface area contributed by atoms with Crippen LogP contribution in [0.1, 0.15) is 42.6 Å². The molecule has 184 valence electrons. The zero-order chi connectivity index (χ0) is 24.5. The van der Waals surface area contributed by atoms with Crippen molar-refractivity contribution in [3.8, 4) is 0 Å². The van der Waals surface area contributed by atoms with Crippen molar-refractivity contribution in [1.29, 1.82) is 0 Å². The molecule has 0 aliphatic carbocycles. The molecule has 2 aromatic heterocycles. The Labute approximate surface area is 200 Å². The van der Waals surface area contributed by atoms with Crippen molar-refractivity contribution in [3.63, 3.8) is 0 Å². The molecule has 0 saturated carbocycles. The van der Waals surface area contributed by atoms with Crippen LogP contribution in [0, 0.1) is 26.7 Å². The van der Waals surface area contributed by atoms with Crippen molar-refractivity contribution < 1.29 is 18.0 Å². The molecule has 11 heteroatoms. The second-order valence-corrected chi connectivity index (χ2v) is 11.0. The lowest BCUT2D eigenvalue weighted by atomic mass is 9.97. The summed E-state index contributed by atoms with van der Waals surface area (Å²) in [6, 6.07) is 3.66. The van der Waals surface area contributed by atoms with E-state index in [4.69, 9.17) is 0 Å². The number of carbonyl (C=O) groups is 2. The van der Waals surface area contributed by atoms with Crippen molar-refractivity contribution in [2.24, 2.45) is 5.92 Å². The van der Waals surface area contributed by atoms with Gasteiger partial charge in [0.2, 0.25) is 21.8 Å². The van der Waals surface area contributed by atoms with E-state index in [-0.39, 0.29) is 42.3 Å². The van der Waals surface area contributed by atoms with Crippen LogP contribution in [-0.4, -0.2) is 70.4 Å². The molecular formula is C23H32N6O4S. The van der Waals surface area contributed by atoms with Gasteiger partial charge in [0.05, 0.1) is 11.4 Å². The number of hydrogen-bond donors (Lipinski definition) is 1. The van der Waals surface area contributed by atoms with Crippen LogP contribution < -0.4 is 5.32 Å². The van der Waals surface area contributed by atoms with Crippen molar-refractivity contribution >= 4 is 27.7 Å². The SMILES string of the molecule is Cc1ccnc(NC(=O)C2CCN(S(=O)(=O)c3c(C)nn(CC(=O)N4CCCC4)c3C)CC2)c1. The Hall–Kier alpha value is -2.79. The van der Waals surface area contributed by atoms with Crippen LogP contribution in [0.15, 0.2) is 23.2 Å². The van der Waals surface area contributed by atoms with E-state index in [0.717, 1.165) is 31.5 Å². The van der Waals surface area contributed by atoms with Gasteiger partial charge in [-0.2, -0.15) is 9.40 Å². The molecule has 0 radical (unpaired) electrons. The van der Waals surface area contributed by atoms with Gasteiger partial charge in [0.15, 0.2) is 0 Å². The van der Waals surface area contributed by atoms with Gasteiger partial charge < -0.3 is 10.2 Å². The van der Waals surface area contributed by atoms with Crippen LogP contribution in [0.5, 0.6) is 0 Å². The molecular weight excluding hydrogens is 456 g/mol. The molecule has 10 nitrogen and oxygen atoms in total. The van der Waals surface area contributed by atoms with Gasteiger partial charge in [-0.1, -0.05) is 0 Å². The van der Waals surface area contributed by atoms with E-state index in [9.17, 15) is 18.0 Å². The third kappa shape index (κ3) is 5.00. The first kappa shape index (κ1) is 24.3. The summed E-state index contributed by atoms with van der Waals surface area (Å²) in [5.74, 6) is 0.0386. The predicted octanol–water partition coefficient (Wildman–Crippen LogP) is 1.87. The number of sulfonamides is 1. The Kier molecular flexibility index (Phi) is 7.04. The van der Waals surface area contributed by atoms with E-state index in [2.05, 4.69) is 15.4 Å². The fourth-order valence-electron chi connectivity index (χ4n) is 4.72. The summed E-state index contributed by atoms with van der Waals surface area (Å²) in [5.41, 5.74) is 1.85. The second-order valence-electron chi connectivity index (χ2n) is 9.13. The van der Waals surface area contributed by atoms with Crippen molar-refractivity contribution in [2.75, 3.05) is 31.5 Å². The molecule has 2 aromatic rings. The summed E-state index contributed by atoms with van der Waals surface area (Å²) in [4.78, 5) is 31.3. The molecule has 2 aliphatic heterocycles. The molecule has 0 aromatic carbocycles. The Balaban J connectivity index is 1.41. The number of piperidine rings is 1. The second kappa shape index (κ2) is 9.83. The topological polar surface area (TPSA) is 117 Å². The molecule has 34 heavy (non-hydrogen) atoms. The molecule has 0 spiro atoms. The fraction of sp³-hybridized carbons (Fsp3) is 0.565. The first-order chi connectivity index (χ1) is 16.2. The number of amides is 2. The van der Waals surface area contributed by atoms with E-state index in [0.29, 0.717) is 30.0 Å². The zero-order valence-corrected chi connectivity index (χ0v) is 20.8. The summed E-state index contributed by atoms with van der Waals surface area (Å²) >= 11 is 0. The number of aryl methyl sites for hydroxylation is 2. The minimum atomic E-state index is -3.79. The number of pyridine rings is 1. The van der Waals surface area contributed by atoms with Gasteiger partial charge in [-0.25, -0.2) is 13.4 Å². The zero-order valence-electron chi connectivity index (χ0n) is 20.0. The first-order valence-electron chi connectivity index (χ1n) is 11.7. The van der Waals surface area contributed by atoms with E-state index in [1.54, 1.807) is 31.0 Å². The lowest BCUT2D eigenvalue weighted by molar-refractivity contribution is -0.131. The highest BCUT2D eigenvalue weighted by molar-refractivity contribution is 7.89. The predicted molar refractivity (Wildman–Crippen MR) is 127 cm³/mol. The molecule has 0 atom stereocenters. The van der Waals surface area contributed by atoms with Crippen LogP contribution >= 0.6 is 0 Å². The van der Waals surface area contributed by atoms with Crippen molar-refractivity contribution in [3.05, 3.63) is 35.3 Å². The van der Waals surface area contributed by atoms with Crippen LogP contribution in [-0.2, 0) is 26.2 Å². The van der Waals surface area contributed by atoms with Crippen LogP contribution in [0.4, 0.5) is 5.82 Å². The highest BCUT2D eigenvalue weighted by atomic mass is 32.2. The molecule has 2 fully saturated rings. The highest BCUT2D eigenvalue weighted by Gasteiger charge is 2.36. The maximum absolute atomic E-state index is 13.5. The average molecular weight is 489 g/mol. The van der Waals surface area contributed by atoms with E-state index < -0.39 is 10.0 Å². The number of nitrogens with zero attached hydrogens (tertiary/aromatic N) is 5. The maximum atomic E-state index is 13.5. The highest BCUT2D eigenvalue weighted by Crippen LogP contribution is 2.28. The molecule has 0 unspecified atom stereocenters. The summed E-state index contributed by atoms with van der Waals surface area (Å²) < 4.78 is 29.8. The summed E-state index contributed by atoms with van der Waals surface area (Å²) in [6.07, 6.45) is 4.49. The number of rotatable bonds is 6. The molecule has 2 aliphatic rings. The van der Waals surface area contributed by atoms with E-state index >= 15 is 0 Å². The number of likely N-dealkylation sites (tertiary alicyclic amines) is 1. The van der Waals surface area contributed by atoms with Crippen LogP contribution in [0.3, 0.4) is 0 Å². The number of aromatic nitrogens is 3. The van der Waals surface area contributed by atoms with Crippen LogP contribution in [0.2, 0.25) is 0 Å². The van der Waals surface area contributed by atoms with E-state index in [1.165, 1.54) is 8.99 Å². The minimum Gasteiger partial charge on any atom is -0.341 e. The number of nitrogens with one attached hydrogen (secondary N) is 1. The lowest BCUT2D eigenvalue weighted by Gasteiger charge is -2.30. The third-order valence-corrected chi connectivity index (χ3v) is 8.80. The summed E-state index contributed by atoms with van der Waals surface area (Å²) in [5, 5.41) is 7.21. The van der Waals surface area contributed by atoms with Gasteiger partial charge in [0.25, 0.3) is 0 Å². The summed E-state index contributed by atoms with van der Waals surface area (Å²) in [6.45, 7) is 7.30. The monoisotopic (exact) mass is 488 g/mol. The Bertz CT molecular complexity index is 1180. The minimum absolute atomic E-state index is 0.0391. The first-order valence-corrected chi connectivity index (χ1v) is 13.2. The van der Waals surface area contributed by atoms with Crippen LogP contribution in [0.25, 0.3) is 0 Å². The largest absolute Gasteiger partial charge is 0.341 e. The average Bonchev–Trinajstić information content (AvgIpc) is 3.42. The number of anilines is 1. The Morgan fingerprint density at radius 2 is 1.76 bits per heavy atom. The molecule has 4 heterocycles. The normalized spacial score (nSPS) is 17.8. The Morgan fingerprint density at radius 1 is 1.09 bits per heavy atom. The Morgan fingerprint density at radius 3 is 2.41 bits per heavy atom. The van der Waals surface area contributed by atoms with Gasteiger partial charge in [-0.05, 0) is 64.2 Å². The molecule has 1 N–H and O–H groups in total. The fourth-order valence-corrected chi connectivity index (χ4v) is 6.57. The summed E-state index contributed by atoms with van der Waals surface area (Å²) in [7, 11) is -3.79. The third-order valence-electron chi connectivity index (χ3n) is 6.65. The smallest absolute Gasteiger partial charge is 0.246 e. The maximum Gasteiger partial charge on any atom is 0.246 e. The van der Waals surface area contributed by atoms with Gasteiger partial charge in [-0.15, -0.1) is 0 Å². The molecule has 2 saturated heterocycles. The van der Waals surface area contributed by atoms with Gasteiger partial charge in [-0.3, -0.25) is 14.3 Å². The van der Waals surface area contributed by atoms with Crippen molar-refractivity contribution in [2.45, 2.75) is 57.9 Å². The van der Waals surface area contributed by atoms with Gasteiger partial charge in [0, 0.05) is 38.3 Å². The molecule has 0 bridgehead atoms. The quantitative estimate of drug-likeness (QED) is 0.663. The van der Waals surface area contributed by atoms with E-state index in [1.807, 2.05) is 13.0 Å². The van der Waals surface area contributed by atoms with Gasteiger partial charge >= 0.3 is 0 Å². The lowest BCUT2D eigenvalue weighted by Crippen LogP contribution is -2.41. The number of carbonyl (C=O) groups excluding carboxylic acids is 2. The molecule has 2 amide bonds. The van der Waals surface area contributed by atoms with Crippen molar-refractivity contribution in [1.82, 2.24) is 24.0 Å².